The van der Waals surface area contributed by atoms with Crippen molar-refractivity contribution in [1.82, 2.24) is 0 Å². The lowest BCUT2D eigenvalue weighted by Gasteiger charge is -2.49. The SMILES string of the molecule is CCN1c2cc3c(cc2C(C)CC1(C)C)C(=[NH+]c1ccccc1F)c1cc2c4c(c1C3(C)C)CCCN4CCC2. The molecular weight excluding hydrogens is 493 g/mol. The van der Waals surface area contributed by atoms with Gasteiger partial charge in [0.25, 0.3) is 0 Å². The number of hydrogen-bond acceptors (Lipinski definition) is 2. The number of nitrogens with one attached hydrogen (secondary N) is 1. The molecule has 4 aliphatic rings. The third kappa shape index (κ3) is 3.63. The molecule has 1 N–H and O–H groups in total. The van der Waals surface area contributed by atoms with Crippen molar-refractivity contribution in [3.8, 4) is 0 Å². The van der Waals surface area contributed by atoms with E-state index in [2.05, 4.69) is 74.5 Å². The molecule has 40 heavy (non-hydrogen) atoms. The number of rotatable bonds is 2. The molecule has 208 valence electrons. The zero-order valence-corrected chi connectivity index (χ0v) is 25.0. The number of fused-ring (bicyclic) bond motifs is 4. The summed E-state index contributed by atoms with van der Waals surface area (Å²) in [4.78, 5) is 8.91. The summed E-state index contributed by atoms with van der Waals surface area (Å²) in [5.74, 6) is 0.245. The van der Waals surface area contributed by atoms with Gasteiger partial charge in [0.15, 0.2) is 5.82 Å². The molecule has 0 spiro atoms. The van der Waals surface area contributed by atoms with Crippen molar-refractivity contribution in [1.29, 1.82) is 0 Å². The predicted molar refractivity (Wildman–Crippen MR) is 164 cm³/mol. The molecule has 3 heterocycles. The third-order valence-corrected chi connectivity index (χ3v) is 10.3. The van der Waals surface area contributed by atoms with Crippen molar-refractivity contribution in [2.45, 2.75) is 90.5 Å². The number of para-hydroxylation sites is 1. The molecule has 0 amide bonds. The standard InChI is InChI=1S/C36H42FN3/c1-7-40-31-20-28-26(19-25(31)22(2)21-35(40,3)4)33(38-30-15-9-8-14-29(30)37)27-18-23-12-10-16-39-17-11-13-24(34(23)39)32(27)36(28,5)6/h8-9,14-15,18-20,22H,7,10-13,16-17,21H2,1-6H3/p+1. The second-order valence-electron chi connectivity index (χ2n) is 13.7. The first kappa shape index (κ1) is 25.8. The largest absolute Gasteiger partial charge is 0.371 e. The van der Waals surface area contributed by atoms with Gasteiger partial charge in [0.05, 0.1) is 11.1 Å². The molecule has 0 bridgehead atoms. The van der Waals surface area contributed by atoms with Crippen LogP contribution in [0.4, 0.5) is 21.5 Å². The molecule has 3 aromatic carbocycles. The Hall–Kier alpha value is -3.14. The Morgan fingerprint density at radius 2 is 1.73 bits per heavy atom. The quantitative estimate of drug-likeness (QED) is 0.402. The lowest BCUT2D eigenvalue weighted by molar-refractivity contribution is -0.355. The van der Waals surface area contributed by atoms with E-state index in [4.69, 9.17) is 0 Å². The van der Waals surface area contributed by atoms with Crippen LogP contribution in [0.25, 0.3) is 0 Å². The van der Waals surface area contributed by atoms with E-state index in [1.54, 1.807) is 12.1 Å². The minimum atomic E-state index is -0.210. The molecule has 1 atom stereocenters. The summed E-state index contributed by atoms with van der Waals surface area (Å²) in [6, 6.07) is 14.5. The first-order valence-electron chi connectivity index (χ1n) is 15.4. The Bertz CT molecular complexity index is 1560. The van der Waals surface area contributed by atoms with Gasteiger partial charge in [0.1, 0.15) is 0 Å². The molecule has 7 rings (SSSR count). The first-order valence-corrected chi connectivity index (χ1v) is 15.4. The van der Waals surface area contributed by atoms with Crippen LogP contribution in [-0.4, -0.2) is 30.9 Å². The van der Waals surface area contributed by atoms with E-state index >= 15 is 4.39 Å². The molecule has 1 unspecified atom stereocenters. The van der Waals surface area contributed by atoms with Crippen molar-refractivity contribution in [3.63, 3.8) is 0 Å². The second kappa shape index (κ2) is 8.93. The van der Waals surface area contributed by atoms with Gasteiger partial charge < -0.3 is 9.80 Å². The average molecular weight is 537 g/mol. The predicted octanol–water partition coefficient (Wildman–Crippen LogP) is 6.53. The highest BCUT2D eigenvalue weighted by Gasteiger charge is 2.45. The highest BCUT2D eigenvalue weighted by Crippen LogP contribution is 2.52. The summed E-state index contributed by atoms with van der Waals surface area (Å²) >= 11 is 0. The zero-order chi connectivity index (χ0) is 28.0. The van der Waals surface area contributed by atoms with Crippen LogP contribution in [0.2, 0.25) is 0 Å². The molecule has 3 aromatic rings. The summed E-state index contributed by atoms with van der Waals surface area (Å²) in [5, 5.41) is 0. The van der Waals surface area contributed by atoms with Gasteiger partial charge in [0.2, 0.25) is 11.4 Å². The van der Waals surface area contributed by atoms with E-state index in [1.165, 1.54) is 63.2 Å². The van der Waals surface area contributed by atoms with Gasteiger partial charge in [0, 0.05) is 48.0 Å². The van der Waals surface area contributed by atoms with Crippen LogP contribution in [0.15, 0.2) is 42.5 Å². The lowest BCUT2D eigenvalue weighted by atomic mass is 9.63. The van der Waals surface area contributed by atoms with Crippen molar-refractivity contribution >= 4 is 22.8 Å². The highest BCUT2D eigenvalue weighted by atomic mass is 19.1. The molecule has 0 saturated heterocycles. The van der Waals surface area contributed by atoms with E-state index < -0.39 is 0 Å². The van der Waals surface area contributed by atoms with E-state index in [9.17, 15) is 0 Å². The summed E-state index contributed by atoms with van der Waals surface area (Å²) < 4.78 is 15.2. The number of hydrogen-bond donors (Lipinski definition) is 1. The van der Waals surface area contributed by atoms with Gasteiger partial charge in [-0.2, -0.15) is 4.39 Å². The van der Waals surface area contributed by atoms with Crippen molar-refractivity contribution < 1.29 is 9.38 Å². The number of benzene rings is 3. The average Bonchev–Trinajstić information content (AvgIpc) is 2.91. The Morgan fingerprint density at radius 3 is 2.48 bits per heavy atom. The topological polar surface area (TPSA) is 20.5 Å². The Balaban J connectivity index is 1.57. The fourth-order valence-corrected chi connectivity index (χ4v) is 8.73. The van der Waals surface area contributed by atoms with Gasteiger partial charge in [-0.15, -0.1) is 0 Å². The minimum Gasteiger partial charge on any atom is -0.371 e. The Kier molecular flexibility index (Phi) is 5.76. The first-order chi connectivity index (χ1) is 19.1. The van der Waals surface area contributed by atoms with Crippen LogP contribution < -0.4 is 14.8 Å². The third-order valence-electron chi connectivity index (χ3n) is 10.3. The van der Waals surface area contributed by atoms with Crippen molar-refractivity contribution in [2.75, 3.05) is 29.4 Å². The number of halogens is 1. The smallest absolute Gasteiger partial charge is 0.240 e. The van der Waals surface area contributed by atoms with Gasteiger partial charge in [-0.3, -0.25) is 0 Å². The van der Waals surface area contributed by atoms with Gasteiger partial charge in [-0.25, -0.2) is 4.99 Å². The molecule has 0 aromatic heterocycles. The molecule has 0 saturated carbocycles. The van der Waals surface area contributed by atoms with Crippen molar-refractivity contribution in [3.05, 3.63) is 87.2 Å². The maximum absolute atomic E-state index is 15.2. The molecule has 3 aliphatic heterocycles. The summed E-state index contributed by atoms with van der Waals surface area (Å²) in [5.41, 5.74) is 14.1. The van der Waals surface area contributed by atoms with Crippen LogP contribution in [-0.2, 0) is 18.3 Å². The van der Waals surface area contributed by atoms with E-state index in [0.29, 0.717) is 11.6 Å². The molecule has 0 fully saturated rings. The van der Waals surface area contributed by atoms with Crippen LogP contribution in [0.1, 0.15) is 106 Å². The van der Waals surface area contributed by atoms with Crippen LogP contribution in [0, 0.1) is 5.82 Å². The van der Waals surface area contributed by atoms with Gasteiger partial charge in [-0.05, 0) is 111 Å². The summed E-state index contributed by atoms with van der Waals surface area (Å²) in [6.07, 6.45) is 5.75. The normalized spacial score (nSPS) is 22.9. The lowest BCUT2D eigenvalue weighted by Crippen LogP contribution is -2.68. The van der Waals surface area contributed by atoms with Crippen molar-refractivity contribution in [2.24, 2.45) is 0 Å². The molecule has 4 heteroatoms. The number of anilines is 2. The van der Waals surface area contributed by atoms with Crippen LogP contribution in [0.3, 0.4) is 0 Å². The maximum atomic E-state index is 15.2. The van der Waals surface area contributed by atoms with E-state index in [0.717, 1.165) is 44.6 Å². The molecular formula is C36H43FN3+. The Morgan fingerprint density at radius 1 is 0.975 bits per heavy atom. The van der Waals surface area contributed by atoms with E-state index in [1.807, 2.05) is 12.1 Å². The van der Waals surface area contributed by atoms with Gasteiger partial charge >= 0.3 is 0 Å². The second-order valence-corrected chi connectivity index (χ2v) is 13.7. The van der Waals surface area contributed by atoms with Crippen LogP contribution in [0.5, 0.6) is 0 Å². The highest BCUT2D eigenvalue weighted by molar-refractivity contribution is 6.15. The van der Waals surface area contributed by atoms with E-state index in [-0.39, 0.29) is 16.8 Å². The molecule has 0 radical (unpaired) electrons. The fourth-order valence-electron chi connectivity index (χ4n) is 8.73. The maximum Gasteiger partial charge on any atom is 0.240 e. The fraction of sp³-hybridized carbons (Fsp3) is 0.472. The molecule has 1 aliphatic carbocycles. The summed E-state index contributed by atoms with van der Waals surface area (Å²) in [6.45, 7) is 17.6. The van der Waals surface area contributed by atoms with Gasteiger partial charge in [-0.1, -0.05) is 32.9 Å². The number of nitrogens with zero attached hydrogens (tertiary/aromatic N) is 2. The minimum absolute atomic E-state index is 0.107. The summed E-state index contributed by atoms with van der Waals surface area (Å²) in [7, 11) is 0. The monoisotopic (exact) mass is 536 g/mol. The number of aryl methyl sites for hydroxylation is 1. The molecule has 3 nitrogen and oxygen atoms in total. The van der Waals surface area contributed by atoms with Crippen LogP contribution >= 0.6 is 0 Å². The Labute approximate surface area is 239 Å². The zero-order valence-electron chi connectivity index (χ0n) is 25.0.